The maximum absolute atomic E-state index is 11.6. The van der Waals surface area contributed by atoms with Gasteiger partial charge in [0.05, 0.1) is 6.61 Å². The summed E-state index contributed by atoms with van der Waals surface area (Å²) < 4.78 is 16.6. The van der Waals surface area contributed by atoms with Crippen molar-refractivity contribution in [3.63, 3.8) is 0 Å². The van der Waals surface area contributed by atoms with E-state index in [1.54, 1.807) is 7.11 Å². The molecule has 0 rings (SSSR count). The van der Waals surface area contributed by atoms with Crippen molar-refractivity contribution in [1.82, 2.24) is 5.32 Å². The SMILES string of the molecule is CCNC(C)CC(C)S(=O)CCOC. The van der Waals surface area contributed by atoms with Crippen LogP contribution in [0.4, 0.5) is 0 Å². The van der Waals surface area contributed by atoms with Gasteiger partial charge in [0, 0.05) is 35.0 Å². The molecule has 3 unspecified atom stereocenters. The second-order valence-electron chi connectivity index (χ2n) is 3.58. The number of rotatable bonds is 8. The van der Waals surface area contributed by atoms with Crippen molar-refractivity contribution < 1.29 is 8.95 Å². The molecule has 0 amide bonds. The largest absolute Gasteiger partial charge is 0.384 e. The van der Waals surface area contributed by atoms with E-state index < -0.39 is 10.8 Å². The first kappa shape index (κ1) is 14.1. The molecule has 4 heteroatoms. The standard InChI is InChI=1S/C10H23NO2S/c1-5-11-9(2)8-10(3)14(12)7-6-13-4/h9-11H,5-8H2,1-4H3. The molecule has 3 nitrogen and oxygen atoms in total. The van der Waals surface area contributed by atoms with Crippen LogP contribution in [0.15, 0.2) is 0 Å². The molecule has 0 bridgehead atoms. The van der Waals surface area contributed by atoms with Crippen LogP contribution in [0, 0.1) is 0 Å². The van der Waals surface area contributed by atoms with E-state index in [4.69, 9.17) is 4.74 Å². The van der Waals surface area contributed by atoms with Gasteiger partial charge in [0.15, 0.2) is 0 Å². The second-order valence-corrected chi connectivity index (χ2v) is 5.56. The molecule has 0 aliphatic carbocycles. The summed E-state index contributed by atoms with van der Waals surface area (Å²) in [5.74, 6) is 0.649. The quantitative estimate of drug-likeness (QED) is 0.668. The Bertz CT molecular complexity index is 164. The van der Waals surface area contributed by atoms with Crippen LogP contribution in [0.5, 0.6) is 0 Å². The van der Waals surface area contributed by atoms with Crippen LogP contribution in [0.2, 0.25) is 0 Å². The van der Waals surface area contributed by atoms with Crippen LogP contribution in [0.25, 0.3) is 0 Å². The number of hydrogen-bond acceptors (Lipinski definition) is 3. The Morgan fingerprint density at radius 2 is 2.07 bits per heavy atom. The lowest BCUT2D eigenvalue weighted by Gasteiger charge is -2.17. The summed E-state index contributed by atoms with van der Waals surface area (Å²) in [5, 5.41) is 3.57. The van der Waals surface area contributed by atoms with E-state index in [2.05, 4.69) is 19.2 Å². The van der Waals surface area contributed by atoms with Gasteiger partial charge in [-0.15, -0.1) is 0 Å². The fourth-order valence-electron chi connectivity index (χ4n) is 1.40. The minimum absolute atomic E-state index is 0.249. The fourth-order valence-corrected chi connectivity index (χ4v) is 2.64. The Labute approximate surface area is 90.1 Å². The predicted octanol–water partition coefficient (Wildman–Crippen LogP) is 1.16. The Balaban J connectivity index is 3.70. The molecule has 0 heterocycles. The highest BCUT2D eigenvalue weighted by molar-refractivity contribution is 7.85. The number of methoxy groups -OCH3 is 1. The summed E-state index contributed by atoms with van der Waals surface area (Å²) in [7, 11) is 0.888. The number of hydrogen-bond donors (Lipinski definition) is 1. The Morgan fingerprint density at radius 1 is 1.43 bits per heavy atom. The maximum atomic E-state index is 11.6. The van der Waals surface area contributed by atoms with Gasteiger partial charge < -0.3 is 10.1 Å². The van der Waals surface area contributed by atoms with Crippen LogP contribution in [0.3, 0.4) is 0 Å². The zero-order valence-corrected chi connectivity index (χ0v) is 10.5. The highest BCUT2D eigenvalue weighted by atomic mass is 32.2. The molecule has 0 radical (unpaired) electrons. The molecular formula is C10H23NO2S. The third kappa shape index (κ3) is 6.51. The van der Waals surface area contributed by atoms with Gasteiger partial charge in [-0.3, -0.25) is 4.21 Å². The molecule has 0 aromatic heterocycles. The normalized spacial score (nSPS) is 17.7. The van der Waals surface area contributed by atoms with Gasteiger partial charge in [0.1, 0.15) is 0 Å². The third-order valence-corrected chi connectivity index (χ3v) is 3.83. The summed E-state index contributed by atoms with van der Waals surface area (Å²) in [4.78, 5) is 0. The maximum Gasteiger partial charge on any atom is 0.0577 e. The molecular weight excluding hydrogens is 198 g/mol. The van der Waals surface area contributed by atoms with Crippen LogP contribution in [-0.4, -0.2) is 41.5 Å². The summed E-state index contributed by atoms with van der Waals surface area (Å²) >= 11 is 0. The van der Waals surface area contributed by atoms with Crippen molar-refractivity contribution in [3.8, 4) is 0 Å². The monoisotopic (exact) mass is 221 g/mol. The first-order chi connectivity index (χ1) is 6.61. The van der Waals surface area contributed by atoms with Gasteiger partial charge >= 0.3 is 0 Å². The lowest BCUT2D eigenvalue weighted by molar-refractivity contribution is 0.218. The number of ether oxygens (including phenoxy) is 1. The zero-order chi connectivity index (χ0) is 11.0. The van der Waals surface area contributed by atoms with Gasteiger partial charge in [-0.05, 0) is 19.9 Å². The molecule has 0 fully saturated rings. The highest BCUT2D eigenvalue weighted by Gasteiger charge is 2.13. The first-order valence-corrected chi connectivity index (χ1v) is 6.59. The van der Waals surface area contributed by atoms with Gasteiger partial charge in [0.25, 0.3) is 0 Å². The Morgan fingerprint density at radius 3 is 2.57 bits per heavy atom. The van der Waals surface area contributed by atoms with Crippen molar-refractivity contribution in [1.29, 1.82) is 0 Å². The molecule has 0 spiro atoms. The minimum atomic E-state index is -0.754. The molecule has 1 N–H and O–H groups in total. The molecule has 0 aliphatic heterocycles. The van der Waals surface area contributed by atoms with Crippen molar-refractivity contribution in [2.24, 2.45) is 0 Å². The Kier molecular flexibility index (Phi) is 8.43. The summed E-state index contributed by atoms with van der Waals surface area (Å²) in [6.07, 6.45) is 0.962. The Hall–Kier alpha value is 0.0700. The van der Waals surface area contributed by atoms with E-state index in [0.29, 0.717) is 18.4 Å². The smallest absolute Gasteiger partial charge is 0.0577 e. The molecule has 0 aromatic rings. The average Bonchev–Trinajstić information content (AvgIpc) is 2.14. The van der Waals surface area contributed by atoms with Crippen molar-refractivity contribution in [2.75, 3.05) is 26.0 Å². The topological polar surface area (TPSA) is 38.3 Å². The van der Waals surface area contributed by atoms with E-state index >= 15 is 0 Å². The van der Waals surface area contributed by atoms with Crippen molar-refractivity contribution >= 4 is 10.8 Å². The van der Waals surface area contributed by atoms with Crippen LogP contribution in [-0.2, 0) is 15.5 Å². The van der Waals surface area contributed by atoms with Crippen LogP contribution < -0.4 is 5.32 Å². The second kappa shape index (κ2) is 8.38. The van der Waals surface area contributed by atoms with Crippen LogP contribution >= 0.6 is 0 Å². The molecule has 0 aromatic carbocycles. The lowest BCUT2D eigenvalue weighted by atomic mass is 10.2. The van der Waals surface area contributed by atoms with E-state index in [9.17, 15) is 4.21 Å². The molecule has 0 aliphatic rings. The van der Waals surface area contributed by atoms with Gasteiger partial charge in [-0.25, -0.2) is 0 Å². The van der Waals surface area contributed by atoms with Crippen molar-refractivity contribution in [2.45, 2.75) is 38.5 Å². The molecule has 3 atom stereocenters. The summed E-state index contributed by atoms with van der Waals surface area (Å²) in [6.45, 7) is 7.82. The van der Waals surface area contributed by atoms with Gasteiger partial charge in [-0.2, -0.15) is 0 Å². The van der Waals surface area contributed by atoms with Gasteiger partial charge in [0.2, 0.25) is 0 Å². The van der Waals surface area contributed by atoms with E-state index in [1.807, 2.05) is 6.92 Å². The van der Waals surface area contributed by atoms with E-state index in [1.165, 1.54) is 0 Å². The van der Waals surface area contributed by atoms with Crippen molar-refractivity contribution in [3.05, 3.63) is 0 Å². The minimum Gasteiger partial charge on any atom is -0.384 e. The zero-order valence-electron chi connectivity index (χ0n) is 9.71. The molecule has 86 valence electrons. The van der Waals surface area contributed by atoms with Gasteiger partial charge in [-0.1, -0.05) is 13.8 Å². The number of nitrogens with one attached hydrogen (secondary N) is 1. The molecule has 14 heavy (non-hydrogen) atoms. The highest BCUT2D eigenvalue weighted by Crippen LogP contribution is 2.05. The van der Waals surface area contributed by atoms with E-state index in [0.717, 1.165) is 13.0 Å². The lowest BCUT2D eigenvalue weighted by Crippen LogP contribution is -2.31. The molecule has 0 saturated heterocycles. The fraction of sp³-hybridized carbons (Fsp3) is 1.00. The third-order valence-electron chi connectivity index (χ3n) is 2.18. The van der Waals surface area contributed by atoms with E-state index in [-0.39, 0.29) is 5.25 Å². The molecule has 0 saturated carbocycles. The average molecular weight is 221 g/mol. The first-order valence-electron chi connectivity index (χ1n) is 5.21. The predicted molar refractivity (Wildman–Crippen MR) is 62.1 cm³/mol. The summed E-state index contributed by atoms with van der Waals surface area (Å²) in [5.41, 5.74) is 0. The van der Waals surface area contributed by atoms with Crippen LogP contribution in [0.1, 0.15) is 27.2 Å². The summed E-state index contributed by atoms with van der Waals surface area (Å²) in [6, 6.07) is 0.446.